The van der Waals surface area contributed by atoms with Crippen molar-refractivity contribution in [1.29, 1.82) is 0 Å². The van der Waals surface area contributed by atoms with E-state index < -0.39 is 0 Å². The van der Waals surface area contributed by atoms with Gasteiger partial charge in [-0.25, -0.2) is 0 Å². The molecule has 0 bridgehead atoms. The molecule has 0 radical (unpaired) electrons. The van der Waals surface area contributed by atoms with E-state index in [2.05, 4.69) is 30.3 Å². The fourth-order valence-electron chi connectivity index (χ4n) is 0.932. The molecule has 0 saturated heterocycles. The zero-order valence-electron chi connectivity index (χ0n) is 7.77. The smallest absolute Gasteiger partial charge is 0.0144 e. The van der Waals surface area contributed by atoms with Gasteiger partial charge >= 0.3 is 0 Å². The molecule has 1 heteroatoms. The van der Waals surface area contributed by atoms with Crippen molar-refractivity contribution in [2.45, 2.75) is 6.92 Å². The highest BCUT2D eigenvalue weighted by Gasteiger charge is 1.90. The minimum Gasteiger partial charge on any atom is -0.0911 e. The second-order valence-corrected chi connectivity index (χ2v) is 3.51. The van der Waals surface area contributed by atoms with Crippen molar-refractivity contribution in [2.24, 2.45) is 0 Å². The van der Waals surface area contributed by atoms with Gasteiger partial charge in [0.2, 0.25) is 0 Å². The van der Waals surface area contributed by atoms with Gasteiger partial charge in [-0.2, -0.15) is 0 Å². The van der Waals surface area contributed by atoms with Crippen LogP contribution in [0.1, 0.15) is 12.5 Å². The lowest BCUT2D eigenvalue weighted by atomic mass is 10.1. The van der Waals surface area contributed by atoms with E-state index in [1.165, 1.54) is 13.8 Å². The standard InChI is InChI=1S/C12H13P/c1-3-4-5-7-11(2)12-8-6-9-13-10-12/h3-10H,2H2,1H3/b4-3-,7-5-. The Morgan fingerprint density at radius 1 is 1.46 bits per heavy atom. The average Bonchev–Trinajstić information content (AvgIpc) is 2.19. The van der Waals surface area contributed by atoms with Gasteiger partial charge in [-0.1, -0.05) is 51.2 Å². The predicted molar refractivity (Wildman–Crippen MR) is 61.9 cm³/mol. The van der Waals surface area contributed by atoms with Crippen LogP contribution >= 0.6 is 8.19 Å². The lowest BCUT2D eigenvalue weighted by Gasteiger charge is -1.97. The third-order valence-electron chi connectivity index (χ3n) is 1.63. The van der Waals surface area contributed by atoms with E-state index in [0.717, 1.165) is 5.57 Å². The fourth-order valence-corrected chi connectivity index (χ4v) is 1.62. The number of rotatable bonds is 3. The maximum Gasteiger partial charge on any atom is -0.0144 e. The molecule has 1 aromatic heterocycles. The van der Waals surface area contributed by atoms with Gasteiger partial charge in [-0.05, 0) is 29.7 Å². The first kappa shape index (κ1) is 9.95. The Morgan fingerprint density at radius 2 is 2.31 bits per heavy atom. The van der Waals surface area contributed by atoms with Crippen molar-refractivity contribution in [3.63, 3.8) is 0 Å². The van der Waals surface area contributed by atoms with Crippen molar-refractivity contribution in [3.8, 4) is 0 Å². The molecule has 0 saturated carbocycles. The summed E-state index contributed by atoms with van der Waals surface area (Å²) < 4.78 is 0. The van der Waals surface area contributed by atoms with Crippen LogP contribution in [0.15, 0.2) is 54.6 Å². The van der Waals surface area contributed by atoms with Gasteiger partial charge in [0.05, 0.1) is 0 Å². The molecule has 0 nitrogen and oxygen atoms in total. The second-order valence-electron chi connectivity index (χ2n) is 2.65. The van der Waals surface area contributed by atoms with Crippen LogP contribution in [-0.4, -0.2) is 0 Å². The van der Waals surface area contributed by atoms with Crippen LogP contribution in [0.3, 0.4) is 0 Å². The molecule has 0 fully saturated rings. The van der Waals surface area contributed by atoms with E-state index in [0.29, 0.717) is 0 Å². The first-order valence-electron chi connectivity index (χ1n) is 4.23. The van der Waals surface area contributed by atoms with Gasteiger partial charge < -0.3 is 0 Å². The minimum absolute atomic E-state index is 1.06. The van der Waals surface area contributed by atoms with E-state index in [9.17, 15) is 0 Å². The lowest BCUT2D eigenvalue weighted by molar-refractivity contribution is 1.71. The monoisotopic (exact) mass is 188 g/mol. The second kappa shape index (κ2) is 5.50. The number of hydrogen-bond donors (Lipinski definition) is 0. The zero-order valence-corrected chi connectivity index (χ0v) is 8.67. The molecule has 1 rings (SSSR count). The average molecular weight is 188 g/mol. The summed E-state index contributed by atoms with van der Waals surface area (Å²) in [6.07, 6.45) is 8.03. The predicted octanol–water partition coefficient (Wildman–Crippen LogP) is 4.41. The molecule has 0 aliphatic heterocycles. The summed E-state index contributed by atoms with van der Waals surface area (Å²) in [6.45, 7) is 5.99. The van der Waals surface area contributed by atoms with Crippen LogP contribution in [-0.2, 0) is 0 Å². The largest absolute Gasteiger partial charge is 0.0911 e. The summed E-state index contributed by atoms with van der Waals surface area (Å²) >= 11 is 0. The quantitative estimate of drug-likeness (QED) is 0.616. The molecule has 66 valence electrons. The van der Waals surface area contributed by atoms with Crippen molar-refractivity contribution < 1.29 is 0 Å². The molecular weight excluding hydrogens is 175 g/mol. The van der Waals surface area contributed by atoms with Gasteiger partial charge in [0, 0.05) is 0 Å². The molecule has 1 aromatic rings. The highest BCUT2D eigenvalue weighted by Crippen LogP contribution is 2.17. The van der Waals surface area contributed by atoms with E-state index in [1.807, 2.05) is 31.2 Å². The summed E-state index contributed by atoms with van der Waals surface area (Å²) in [6, 6.07) is 4.14. The van der Waals surface area contributed by atoms with Crippen LogP contribution in [0.25, 0.3) is 5.57 Å². The topological polar surface area (TPSA) is 0 Å². The van der Waals surface area contributed by atoms with Gasteiger partial charge in [-0.15, -0.1) is 0 Å². The molecule has 0 aliphatic rings. The summed E-state index contributed by atoms with van der Waals surface area (Å²) in [7, 11) is 1.24. The van der Waals surface area contributed by atoms with Crippen molar-refractivity contribution in [3.05, 3.63) is 60.2 Å². The first-order chi connectivity index (χ1) is 6.34. The summed E-state index contributed by atoms with van der Waals surface area (Å²) in [5.41, 5.74) is 2.28. The van der Waals surface area contributed by atoms with E-state index in [1.54, 1.807) is 0 Å². The van der Waals surface area contributed by atoms with Crippen LogP contribution in [0, 0.1) is 0 Å². The zero-order chi connectivity index (χ0) is 9.52. The molecule has 0 amide bonds. The van der Waals surface area contributed by atoms with Crippen molar-refractivity contribution in [1.82, 2.24) is 0 Å². The van der Waals surface area contributed by atoms with Crippen LogP contribution in [0.5, 0.6) is 0 Å². The third-order valence-corrected chi connectivity index (χ3v) is 2.40. The van der Waals surface area contributed by atoms with Gasteiger partial charge in [-0.3, -0.25) is 0 Å². The highest BCUT2D eigenvalue weighted by molar-refractivity contribution is 7.28. The highest BCUT2D eigenvalue weighted by atomic mass is 31.0. The Morgan fingerprint density at radius 3 is 2.92 bits per heavy atom. The number of allylic oxidation sites excluding steroid dienone is 5. The molecule has 0 aliphatic carbocycles. The Bertz CT molecular complexity index is 320. The third kappa shape index (κ3) is 3.40. The molecule has 1 heterocycles. The normalized spacial score (nSPS) is 11.8. The minimum atomic E-state index is 1.06. The van der Waals surface area contributed by atoms with E-state index in [-0.39, 0.29) is 0 Å². The first-order valence-corrected chi connectivity index (χ1v) is 5.26. The molecule has 0 spiro atoms. The Labute approximate surface area is 81.4 Å². The van der Waals surface area contributed by atoms with Crippen molar-refractivity contribution in [2.75, 3.05) is 0 Å². The number of hydrogen-bond acceptors (Lipinski definition) is 0. The van der Waals surface area contributed by atoms with Crippen LogP contribution in [0.2, 0.25) is 0 Å². The van der Waals surface area contributed by atoms with Crippen LogP contribution in [0.4, 0.5) is 0 Å². The SMILES string of the molecule is C=C(/C=C\C=C/C)c1cccpc1. The molecule has 0 N–H and O–H groups in total. The molecular formula is C12H13P. The van der Waals surface area contributed by atoms with Gasteiger partial charge in [0.15, 0.2) is 0 Å². The molecule has 0 atom stereocenters. The Hall–Kier alpha value is -1.13. The molecule has 13 heavy (non-hydrogen) atoms. The summed E-state index contributed by atoms with van der Waals surface area (Å²) in [4.78, 5) is 0. The van der Waals surface area contributed by atoms with Crippen molar-refractivity contribution >= 4 is 13.8 Å². The summed E-state index contributed by atoms with van der Waals surface area (Å²) in [5.74, 6) is 4.26. The fraction of sp³-hybridized carbons (Fsp3) is 0.0833. The van der Waals surface area contributed by atoms with Gasteiger partial charge in [0.1, 0.15) is 0 Å². The maximum absolute atomic E-state index is 3.99. The lowest BCUT2D eigenvalue weighted by Crippen LogP contribution is -1.73. The Balaban J connectivity index is 2.70. The Kier molecular flexibility index (Phi) is 4.21. The summed E-state index contributed by atoms with van der Waals surface area (Å²) in [5, 5.41) is 0. The van der Waals surface area contributed by atoms with E-state index in [4.69, 9.17) is 0 Å². The van der Waals surface area contributed by atoms with E-state index >= 15 is 0 Å². The molecule has 0 aromatic carbocycles. The maximum atomic E-state index is 3.99. The van der Waals surface area contributed by atoms with Gasteiger partial charge in [0.25, 0.3) is 0 Å². The van der Waals surface area contributed by atoms with Crippen LogP contribution < -0.4 is 0 Å². The molecule has 0 unspecified atom stereocenters.